The van der Waals surface area contributed by atoms with Crippen molar-refractivity contribution in [2.24, 2.45) is 0 Å². The molecule has 0 bridgehead atoms. The van der Waals surface area contributed by atoms with Gasteiger partial charge < -0.3 is 4.90 Å². The van der Waals surface area contributed by atoms with Gasteiger partial charge in [-0.3, -0.25) is 4.79 Å². The Morgan fingerprint density at radius 3 is 2.12 bits per heavy atom. The monoisotopic (exact) mass is 223 g/mol. The van der Waals surface area contributed by atoms with Crippen molar-refractivity contribution in [2.45, 2.75) is 19.8 Å². The lowest BCUT2D eigenvalue weighted by atomic mass is 10.1. The summed E-state index contributed by atoms with van der Waals surface area (Å²) in [5, 5.41) is 0. The molecule has 0 unspecified atom stereocenters. The van der Waals surface area contributed by atoms with E-state index >= 15 is 0 Å². The van der Waals surface area contributed by atoms with E-state index in [1.807, 2.05) is 0 Å². The van der Waals surface area contributed by atoms with Crippen LogP contribution in [0.3, 0.4) is 0 Å². The average Bonchev–Trinajstić information content (AvgIpc) is 2.32. The van der Waals surface area contributed by atoms with Crippen LogP contribution < -0.4 is 0 Å². The predicted molar refractivity (Wildman–Crippen MR) is 62.8 cm³/mol. The molecule has 0 amide bonds. The lowest BCUT2D eigenvalue weighted by Gasteiger charge is -2.23. The van der Waals surface area contributed by atoms with Crippen molar-refractivity contribution in [1.82, 2.24) is 4.90 Å². The topological polar surface area (TPSA) is 20.3 Å². The van der Waals surface area contributed by atoms with Crippen molar-refractivity contribution >= 4 is 5.78 Å². The number of benzene rings is 1. The van der Waals surface area contributed by atoms with E-state index in [0.717, 1.165) is 32.5 Å². The predicted octanol–water partition coefficient (Wildman–Crippen LogP) is 2.50. The maximum absolute atomic E-state index is 11.9. The first-order chi connectivity index (χ1) is 7.72. The third-order valence-electron chi connectivity index (χ3n) is 2.59. The first-order valence-electron chi connectivity index (χ1n) is 5.67. The lowest BCUT2D eigenvalue weighted by molar-refractivity contribution is -0.121. The molecule has 3 heteroatoms. The number of likely N-dealkylation sites (tertiary alicyclic amines) is 1. The average molecular weight is 223 g/mol. The number of halogens is 1. The zero-order chi connectivity index (χ0) is 11.8. The molecule has 0 spiro atoms. The molecule has 88 valence electrons. The van der Waals surface area contributed by atoms with E-state index in [4.69, 9.17) is 0 Å². The summed E-state index contributed by atoms with van der Waals surface area (Å²) in [7, 11) is 0. The summed E-state index contributed by atoms with van der Waals surface area (Å²) >= 11 is 0. The number of carbonyl (C=O) groups is 1. The van der Waals surface area contributed by atoms with Gasteiger partial charge in [0.05, 0.1) is 0 Å². The summed E-state index contributed by atoms with van der Waals surface area (Å²) in [5.41, 5.74) is 0. The molecule has 0 aromatic heterocycles. The minimum atomic E-state index is -0.178. The Bertz CT molecular complexity index is 303. The third kappa shape index (κ3) is 5.03. The fourth-order valence-electron chi connectivity index (χ4n) is 1.53. The fraction of sp³-hybridized carbons (Fsp3) is 0.462. The Morgan fingerprint density at radius 2 is 1.75 bits per heavy atom. The highest BCUT2D eigenvalue weighted by molar-refractivity contribution is 5.79. The SMILES string of the molecule is CCN1CCC(=O)CC1.Fc1ccccc1. The molecule has 1 fully saturated rings. The van der Waals surface area contributed by atoms with Gasteiger partial charge in [0, 0.05) is 25.9 Å². The Kier molecular flexibility index (Phi) is 5.72. The second kappa shape index (κ2) is 7.12. The van der Waals surface area contributed by atoms with Gasteiger partial charge in [0.2, 0.25) is 0 Å². The van der Waals surface area contributed by atoms with Crippen LogP contribution in [0.25, 0.3) is 0 Å². The largest absolute Gasteiger partial charge is 0.303 e. The van der Waals surface area contributed by atoms with Crippen LogP contribution in [-0.4, -0.2) is 30.3 Å². The van der Waals surface area contributed by atoms with Gasteiger partial charge in [0.1, 0.15) is 11.6 Å². The van der Waals surface area contributed by atoms with Gasteiger partial charge in [-0.2, -0.15) is 0 Å². The van der Waals surface area contributed by atoms with Crippen molar-refractivity contribution < 1.29 is 9.18 Å². The number of hydrogen-bond acceptors (Lipinski definition) is 2. The van der Waals surface area contributed by atoms with Crippen LogP contribution in [-0.2, 0) is 4.79 Å². The summed E-state index contributed by atoms with van der Waals surface area (Å²) in [6.45, 7) is 5.19. The third-order valence-corrected chi connectivity index (χ3v) is 2.59. The Hall–Kier alpha value is -1.22. The number of carbonyl (C=O) groups excluding carboxylic acids is 1. The molecular weight excluding hydrogens is 205 g/mol. The molecule has 1 aromatic rings. The number of hydrogen-bond donors (Lipinski definition) is 0. The highest BCUT2D eigenvalue weighted by atomic mass is 19.1. The lowest BCUT2D eigenvalue weighted by Crippen LogP contribution is -2.33. The van der Waals surface area contributed by atoms with E-state index in [1.165, 1.54) is 12.1 Å². The number of rotatable bonds is 1. The normalized spacial score (nSPS) is 16.5. The molecule has 0 N–H and O–H groups in total. The second-order valence-corrected chi connectivity index (χ2v) is 3.77. The van der Waals surface area contributed by atoms with E-state index in [-0.39, 0.29) is 5.82 Å². The van der Waals surface area contributed by atoms with Crippen LogP contribution in [0.2, 0.25) is 0 Å². The summed E-state index contributed by atoms with van der Waals surface area (Å²) in [6.07, 6.45) is 1.54. The molecule has 0 saturated carbocycles. The number of ketones is 1. The number of Topliss-reactive ketones (excluding diaryl/α,β-unsaturated/α-hetero) is 1. The number of nitrogens with zero attached hydrogens (tertiary/aromatic N) is 1. The molecular formula is C13H18FNO. The van der Waals surface area contributed by atoms with Gasteiger partial charge >= 0.3 is 0 Å². The van der Waals surface area contributed by atoms with E-state index in [9.17, 15) is 9.18 Å². The highest BCUT2D eigenvalue weighted by Gasteiger charge is 2.13. The second-order valence-electron chi connectivity index (χ2n) is 3.77. The van der Waals surface area contributed by atoms with Gasteiger partial charge in [-0.1, -0.05) is 25.1 Å². The highest BCUT2D eigenvalue weighted by Crippen LogP contribution is 2.03. The summed E-state index contributed by atoms with van der Waals surface area (Å²) in [5.74, 6) is 0.252. The van der Waals surface area contributed by atoms with Gasteiger partial charge in [0.15, 0.2) is 0 Å². The van der Waals surface area contributed by atoms with Crippen LogP contribution in [0.1, 0.15) is 19.8 Å². The molecule has 1 aliphatic heterocycles. The van der Waals surface area contributed by atoms with Crippen molar-refractivity contribution in [1.29, 1.82) is 0 Å². The smallest absolute Gasteiger partial charge is 0.135 e. The molecule has 2 rings (SSSR count). The molecule has 1 saturated heterocycles. The Balaban J connectivity index is 0.000000165. The van der Waals surface area contributed by atoms with Gasteiger partial charge in [-0.05, 0) is 18.7 Å². The van der Waals surface area contributed by atoms with E-state index in [1.54, 1.807) is 18.2 Å². The van der Waals surface area contributed by atoms with Crippen molar-refractivity contribution in [3.63, 3.8) is 0 Å². The minimum Gasteiger partial charge on any atom is -0.303 e. The summed E-state index contributed by atoms with van der Waals surface area (Å²) < 4.78 is 11.9. The first kappa shape index (κ1) is 12.8. The van der Waals surface area contributed by atoms with Gasteiger partial charge in [0.25, 0.3) is 0 Å². The summed E-state index contributed by atoms with van der Waals surface area (Å²) in [6, 6.07) is 7.94. The van der Waals surface area contributed by atoms with E-state index in [2.05, 4.69) is 11.8 Å². The molecule has 0 radical (unpaired) electrons. The van der Waals surface area contributed by atoms with Crippen molar-refractivity contribution in [3.05, 3.63) is 36.1 Å². The Morgan fingerprint density at radius 1 is 1.19 bits per heavy atom. The number of piperidine rings is 1. The van der Waals surface area contributed by atoms with E-state index < -0.39 is 0 Å². The Labute approximate surface area is 96.1 Å². The van der Waals surface area contributed by atoms with Crippen molar-refractivity contribution in [2.75, 3.05) is 19.6 Å². The van der Waals surface area contributed by atoms with Crippen LogP contribution in [0, 0.1) is 5.82 Å². The molecule has 2 nitrogen and oxygen atoms in total. The minimum absolute atomic E-state index is 0.178. The standard InChI is InChI=1S/C7H13NO.C6H5F/c1-2-8-5-3-7(9)4-6-8;7-6-4-2-1-3-5-6/h2-6H2,1H3;1-5H. The van der Waals surface area contributed by atoms with Gasteiger partial charge in [-0.15, -0.1) is 0 Å². The molecule has 1 heterocycles. The van der Waals surface area contributed by atoms with Crippen molar-refractivity contribution in [3.8, 4) is 0 Å². The van der Waals surface area contributed by atoms with Gasteiger partial charge in [-0.25, -0.2) is 4.39 Å². The zero-order valence-electron chi connectivity index (χ0n) is 9.66. The molecule has 0 aliphatic carbocycles. The molecule has 1 aromatic carbocycles. The quantitative estimate of drug-likeness (QED) is 0.729. The molecule has 1 aliphatic rings. The van der Waals surface area contributed by atoms with Crippen LogP contribution in [0.4, 0.5) is 4.39 Å². The maximum atomic E-state index is 11.9. The zero-order valence-corrected chi connectivity index (χ0v) is 9.66. The van der Waals surface area contributed by atoms with E-state index in [0.29, 0.717) is 5.78 Å². The molecule has 0 atom stereocenters. The maximum Gasteiger partial charge on any atom is 0.135 e. The van der Waals surface area contributed by atoms with Crippen LogP contribution in [0.15, 0.2) is 30.3 Å². The summed E-state index contributed by atoms with van der Waals surface area (Å²) in [4.78, 5) is 13.0. The molecule has 16 heavy (non-hydrogen) atoms. The fourth-order valence-corrected chi connectivity index (χ4v) is 1.53. The van der Waals surface area contributed by atoms with Crippen LogP contribution >= 0.6 is 0 Å². The van der Waals surface area contributed by atoms with Crippen LogP contribution in [0.5, 0.6) is 0 Å². The first-order valence-corrected chi connectivity index (χ1v) is 5.67.